The van der Waals surface area contributed by atoms with Crippen molar-refractivity contribution in [2.24, 2.45) is 5.73 Å². The second-order valence-electron chi connectivity index (χ2n) is 8.36. The Morgan fingerprint density at radius 3 is 2.21 bits per heavy atom. The van der Waals surface area contributed by atoms with Crippen molar-refractivity contribution in [2.45, 2.75) is 45.1 Å². The van der Waals surface area contributed by atoms with Gasteiger partial charge in [-0.25, -0.2) is 0 Å². The normalized spacial score (nSPS) is 15.7. The van der Waals surface area contributed by atoms with Crippen LogP contribution in [0.15, 0.2) is 48.5 Å². The highest BCUT2D eigenvalue weighted by Gasteiger charge is 2.24. The van der Waals surface area contributed by atoms with Gasteiger partial charge in [0, 0.05) is 37.9 Å². The zero-order chi connectivity index (χ0) is 23.6. The van der Waals surface area contributed by atoms with Gasteiger partial charge >= 0.3 is 0 Å². The van der Waals surface area contributed by atoms with E-state index in [1.807, 2.05) is 24.3 Å². The maximum absolute atomic E-state index is 11.9. The minimum atomic E-state index is -0.583. The molecule has 1 saturated heterocycles. The van der Waals surface area contributed by atoms with Gasteiger partial charge in [0.15, 0.2) is 11.5 Å². The number of benzene rings is 2. The maximum Gasteiger partial charge on any atom is 0.232 e. The summed E-state index contributed by atoms with van der Waals surface area (Å²) in [4.78, 5) is 26.7. The summed E-state index contributed by atoms with van der Waals surface area (Å²) < 4.78 is 11.4. The summed E-state index contributed by atoms with van der Waals surface area (Å²) in [5.74, 6) is 0.735. The zero-order valence-electron chi connectivity index (χ0n) is 19.7. The average molecular weight is 454 g/mol. The van der Waals surface area contributed by atoms with E-state index in [9.17, 15) is 9.59 Å². The molecule has 0 spiro atoms. The van der Waals surface area contributed by atoms with E-state index < -0.39 is 5.91 Å². The van der Waals surface area contributed by atoms with Gasteiger partial charge in [-0.3, -0.25) is 9.59 Å². The van der Waals surface area contributed by atoms with E-state index in [1.54, 1.807) is 12.0 Å². The second-order valence-corrected chi connectivity index (χ2v) is 8.36. The number of primary amides is 1. The molecule has 0 atom stereocenters. The molecule has 2 amide bonds. The Hall–Kier alpha value is -3.22. The van der Waals surface area contributed by atoms with Crippen LogP contribution in [-0.2, 0) is 16.0 Å². The first-order valence-electron chi connectivity index (χ1n) is 11.7. The van der Waals surface area contributed by atoms with Crippen molar-refractivity contribution in [3.8, 4) is 11.5 Å². The molecule has 1 aliphatic carbocycles. The number of nitrogens with two attached hydrogens (primary N) is 1. The molecule has 0 bridgehead atoms. The molecule has 7 heteroatoms. The number of rotatable bonds is 7. The first-order chi connectivity index (χ1) is 16.0. The highest BCUT2D eigenvalue weighted by molar-refractivity contribution is 5.96. The quantitative estimate of drug-likeness (QED) is 0.650. The molecule has 1 heterocycles. The van der Waals surface area contributed by atoms with E-state index in [0.717, 1.165) is 36.4 Å². The van der Waals surface area contributed by atoms with Crippen LogP contribution in [0, 0.1) is 0 Å². The molecule has 2 N–H and O–H groups in total. The van der Waals surface area contributed by atoms with Crippen LogP contribution in [0.1, 0.15) is 38.2 Å². The van der Waals surface area contributed by atoms with Crippen molar-refractivity contribution >= 4 is 17.5 Å². The lowest BCUT2D eigenvalue weighted by molar-refractivity contribution is -0.135. The Kier molecular flexibility index (Phi) is 8.98. The zero-order valence-corrected chi connectivity index (χ0v) is 19.7. The Balaban J connectivity index is 0.000000323. The van der Waals surface area contributed by atoms with Crippen molar-refractivity contribution in [1.82, 2.24) is 4.90 Å². The van der Waals surface area contributed by atoms with E-state index >= 15 is 0 Å². The monoisotopic (exact) mass is 453 g/mol. The second kappa shape index (κ2) is 12.1. The SMILES string of the molecule is CCc1ccccc1.COc1ccc(N2CCN(C(=O)CC(N)=O)CC2)cc1OC1CCC1. The number of aryl methyl sites for hydroxylation is 1. The molecule has 2 aromatic carbocycles. The van der Waals surface area contributed by atoms with Gasteiger partial charge in [-0.05, 0) is 43.4 Å². The molecule has 2 aliphatic rings. The van der Waals surface area contributed by atoms with E-state index in [2.05, 4.69) is 36.1 Å². The number of carbonyl (C=O) groups excluding carboxylic acids is 2. The molecule has 178 valence electrons. The highest BCUT2D eigenvalue weighted by Crippen LogP contribution is 2.35. The number of amides is 2. The number of nitrogens with zero attached hydrogens (tertiary/aromatic N) is 2. The summed E-state index contributed by atoms with van der Waals surface area (Å²) in [6, 6.07) is 16.4. The van der Waals surface area contributed by atoms with Crippen molar-refractivity contribution in [2.75, 3.05) is 38.2 Å². The molecular weight excluding hydrogens is 418 g/mol. The minimum Gasteiger partial charge on any atom is -0.493 e. The molecule has 2 aromatic rings. The van der Waals surface area contributed by atoms with Crippen LogP contribution >= 0.6 is 0 Å². The van der Waals surface area contributed by atoms with Gasteiger partial charge in [0.2, 0.25) is 11.8 Å². The Morgan fingerprint density at radius 1 is 1.00 bits per heavy atom. The van der Waals surface area contributed by atoms with Gasteiger partial charge in [0.05, 0.1) is 13.2 Å². The lowest BCUT2D eigenvalue weighted by atomic mass is 9.96. The van der Waals surface area contributed by atoms with E-state index in [-0.39, 0.29) is 18.4 Å². The molecule has 0 unspecified atom stereocenters. The van der Waals surface area contributed by atoms with Crippen LogP contribution in [0.3, 0.4) is 0 Å². The summed E-state index contributed by atoms with van der Waals surface area (Å²) in [7, 11) is 1.64. The summed E-state index contributed by atoms with van der Waals surface area (Å²) in [5, 5.41) is 0. The molecule has 33 heavy (non-hydrogen) atoms. The fourth-order valence-corrected chi connectivity index (χ4v) is 3.81. The van der Waals surface area contributed by atoms with Gasteiger partial charge in [0.1, 0.15) is 6.42 Å². The predicted molar refractivity (Wildman–Crippen MR) is 130 cm³/mol. The van der Waals surface area contributed by atoms with Crippen LogP contribution in [0.2, 0.25) is 0 Å². The number of carbonyl (C=O) groups is 2. The predicted octanol–water partition coefficient (Wildman–Crippen LogP) is 3.40. The number of ether oxygens (including phenoxy) is 2. The number of methoxy groups -OCH3 is 1. The molecule has 0 radical (unpaired) electrons. The largest absolute Gasteiger partial charge is 0.493 e. The first kappa shape index (κ1) is 24.4. The third kappa shape index (κ3) is 7.14. The van der Waals surface area contributed by atoms with Gasteiger partial charge < -0.3 is 25.0 Å². The molecule has 1 aliphatic heterocycles. The summed E-state index contributed by atoms with van der Waals surface area (Å²) in [6.45, 7) is 4.74. The van der Waals surface area contributed by atoms with Gasteiger partial charge in [0.25, 0.3) is 0 Å². The molecule has 7 nitrogen and oxygen atoms in total. The minimum absolute atomic E-state index is 0.198. The standard InChI is InChI=1S/C18H25N3O4.C8H10/c1-24-15-6-5-13(11-16(15)25-14-3-2-4-14)20-7-9-21(10-8-20)18(23)12-17(19)22;1-2-8-6-4-3-5-7-8/h5-6,11,14H,2-4,7-10,12H2,1H3,(H2,19,22);3-7H,2H2,1H3. The average Bonchev–Trinajstić information content (AvgIpc) is 2.82. The Labute approximate surface area is 196 Å². The molecule has 1 saturated carbocycles. The van der Waals surface area contributed by atoms with E-state index in [0.29, 0.717) is 26.2 Å². The number of anilines is 1. The molecule has 2 fully saturated rings. The van der Waals surface area contributed by atoms with Gasteiger partial charge in [-0.1, -0.05) is 37.3 Å². The molecule has 0 aromatic heterocycles. The fourth-order valence-electron chi connectivity index (χ4n) is 3.81. The molecule has 4 rings (SSSR count). The van der Waals surface area contributed by atoms with Crippen molar-refractivity contribution in [1.29, 1.82) is 0 Å². The van der Waals surface area contributed by atoms with Crippen molar-refractivity contribution < 1.29 is 19.1 Å². The third-order valence-corrected chi connectivity index (χ3v) is 6.07. The van der Waals surface area contributed by atoms with Gasteiger partial charge in [-0.15, -0.1) is 0 Å². The van der Waals surface area contributed by atoms with Gasteiger partial charge in [-0.2, -0.15) is 0 Å². The summed E-state index contributed by atoms with van der Waals surface area (Å²) in [6.07, 6.45) is 4.60. The fraction of sp³-hybridized carbons (Fsp3) is 0.462. The Bertz CT molecular complexity index is 907. The smallest absolute Gasteiger partial charge is 0.232 e. The van der Waals surface area contributed by atoms with Crippen LogP contribution in [0.5, 0.6) is 11.5 Å². The van der Waals surface area contributed by atoms with Crippen LogP contribution in [-0.4, -0.2) is 56.1 Å². The van der Waals surface area contributed by atoms with E-state index in [4.69, 9.17) is 15.2 Å². The van der Waals surface area contributed by atoms with Crippen LogP contribution in [0.4, 0.5) is 5.69 Å². The van der Waals surface area contributed by atoms with Crippen molar-refractivity contribution in [3.63, 3.8) is 0 Å². The topological polar surface area (TPSA) is 85.1 Å². The van der Waals surface area contributed by atoms with Crippen molar-refractivity contribution in [3.05, 3.63) is 54.1 Å². The number of piperazine rings is 1. The van der Waals surface area contributed by atoms with Crippen LogP contribution in [0.25, 0.3) is 0 Å². The highest BCUT2D eigenvalue weighted by atomic mass is 16.5. The van der Waals surface area contributed by atoms with E-state index in [1.165, 1.54) is 12.0 Å². The third-order valence-electron chi connectivity index (χ3n) is 6.07. The number of hydrogen-bond donors (Lipinski definition) is 1. The number of hydrogen-bond acceptors (Lipinski definition) is 5. The van der Waals surface area contributed by atoms with Crippen LogP contribution < -0.4 is 20.1 Å². The summed E-state index contributed by atoms with van der Waals surface area (Å²) in [5.41, 5.74) is 7.56. The maximum atomic E-state index is 11.9. The lowest BCUT2D eigenvalue weighted by Crippen LogP contribution is -2.49. The first-order valence-corrected chi connectivity index (χ1v) is 11.7. The summed E-state index contributed by atoms with van der Waals surface area (Å²) >= 11 is 0. The Morgan fingerprint density at radius 2 is 1.70 bits per heavy atom. The molecular formula is C26H35N3O4. The lowest BCUT2D eigenvalue weighted by Gasteiger charge is -2.36.